The fourth-order valence-corrected chi connectivity index (χ4v) is 5.63. The largest absolute Gasteiger partial charge is 0.350 e. The van der Waals surface area contributed by atoms with E-state index in [1.807, 2.05) is 6.92 Å². The standard InChI is InChI=1S/C15H27NO3S/c1-15(10-11-20(18,19)12-15)16-14(17)9-5-8-13-6-3-2-4-7-13/h13H,2-12H2,1H3,(H,16,17). The summed E-state index contributed by atoms with van der Waals surface area (Å²) in [7, 11) is -2.95. The minimum absolute atomic E-state index is 0.0143. The van der Waals surface area contributed by atoms with Crippen LogP contribution in [0.2, 0.25) is 0 Å². The van der Waals surface area contributed by atoms with Gasteiger partial charge in [-0.3, -0.25) is 4.79 Å². The van der Waals surface area contributed by atoms with Gasteiger partial charge < -0.3 is 5.32 Å². The molecule has 5 heteroatoms. The SMILES string of the molecule is CC1(NC(=O)CCCC2CCCCC2)CCS(=O)(=O)C1. The fraction of sp³-hybridized carbons (Fsp3) is 0.933. The Morgan fingerprint density at radius 1 is 1.25 bits per heavy atom. The molecule has 20 heavy (non-hydrogen) atoms. The van der Waals surface area contributed by atoms with Gasteiger partial charge in [0.15, 0.2) is 9.84 Å². The van der Waals surface area contributed by atoms with Gasteiger partial charge in [0.2, 0.25) is 5.91 Å². The van der Waals surface area contributed by atoms with Gasteiger partial charge in [-0.2, -0.15) is 0 Å². The van der Waals surface area contributed by atoms with E-state index in [-0.39, 0.29) is 17.4 Å². The highest BCUT2D eigenvalue weighted by atomic mass is 32.2. The molecule has 1 N–H and O–H groups in total. The average Bonchev–Trinajstić information content (AvgIpc) is 2.64. The molecule has 1 amide bonds. The van der Waals surface area contributed by atoms with Gasteiger partial charge in [-0.05, 0) is 32.1 Å². The van der Waals surface area contributed by atoms with E-state index < -0.39 is 15.4 Å². The molecule has 0 aromatic heterocycles. The Morgan fingerprint density at radius 3 is 2.55 bits per heavy atom. The summed E-state index contributed by atoms with van der Waals surface area (Å²) < 4.78 is 23.0. The average molecular weight is 301 g/mol. The van der Waals surface area contributed by atoms with Crippen LogP contribution in [0.3, 0.4) is 0 Å². The van der Waals surface area contributed by atoms with E-state index in [9.17, 15) is 13.2 Å². The van der Waals surface area contributed by atoms with Crippen LogP contribution in [0, 0.1) is 5.92 Å². The van der Waals surface area contributed by atoms with Crippen molar-refractivity contribution in [2.24, 2.45) is 5.92 Å². The first-order chi connectivity index (χ1) is 9.39. The first-order valence-corrected chi connectivity index (χ1v) is 9.72. The third-order valence-corrected chi connectivity index (χ3v) is 6.59. The Kier molecular flexibility index (Phi) is 5.10. The van der Waals surface area contributed by atoms with Crippen molar-refractivity contribution >= 4 is 15.7 Å². The number of hydrogen-bond acceptors (Lipinski definition) is 3. The summed E-state index contributed by atoms with van der Waals surface area (Å²) in [6.45, 7) is 1.84. The van der Waals surface area contributed by atoms with E-state index in [0.717, 1.165) is 18.8 Å². The highest BCUT2D eigenvalue weighted by molar-refractivity contribution is 7.91. The van der Waals surface area contributed by atoms with Crippen LogP contribution in [0.4, 0.5) is 0 Å². The first kappa shape index (κ1) is 15.8. The molecule has 0 aromatic rings. The molecule has 1 atom stereocenters. The molecule has 0 bridgehead atoms. The molecule has 1 heterocycles. The van der Waals surface area contributed by atoms with Crippen LogP contribution in [0.1, 0.15) is 64.7 Å². The minimum atomic E-state index is -2.95. The lowest BCUT2D eigenvalue weighted by atomic mass is 9.86. The van der Waals surface area contributed by atoms with Crippen LogP contribution < -0.4 is 5.32 Å². The summed E-state index contributed by atoms with van der Waals surface area (Å²) in [5.41, 5.74) is -0.541. The van der Waals surface area contributed by atoms with Crippen molar-refractivity contribution in [3.8, 4) is 0 Å². The Bertz CT molecular complexity index is 440. The molecule has 1 saturated heterocycles. The van der Waals surface area contributed by atoms with Crippen LogP contribution in [-0.2, 0) is 14.6 Å². The Labute approximate surface area is 122 Å². The maximum absolute atomic E-state index is 12.0. The van der Waals surface area contributed by atoms with Gasteiger partial charge in [-0.25, -0.2) is 8.42 Å². The molecule has 1 unspecified atom stereocenters. The number of amides is 1. The Morgan fingerprint density at radius 2 is 1.95 bits per heavy atom. The van der Waals surface area contributed by atoms with Crippen LogP contribution in [-0.4, -0.2) is 31.4 Å². The third kappa shape index (κ3) is 4.76. The topological polar surface area (TPSA) is 63.2 Å². The molecule has 1 aliphatic heterocycles. The van der Waals surface area contributed by atoms with Crippen molar-refractivity contribution in [1.82, 2.24) is 5.32 Å². The van der Waals surface area contributed by atoms with Crippen LogP contribution in [0.25, 0.3) is 0 Å². The zero-order valence-electron chi connectivity index (χ0n) is 12.5. The highest BCUT2D eigenvalue weighted by Gasteiger charge is 2.39. The summed E-state index contributed by atoms with van der Waals surface area (Å²) >= 11 is 0. The minimum Gasteiger partial charge on any atom is -0.350 e. The molecule has 116 valence electrons. The lowest BCUT2D eigenvalue weighted by Gasteiger charge is -2.24. The molecule has 2 aliphatic rings. The number of rotatable bonds is 5. The van der Waals surface area contributed by atoms with Crippen molar-refractivity contribution < 1.29 is 13.2 Å². The van der Waals surface area contributed by atoms with E-state index in [1.165, 1.54) is 32.1 Å². The molecule has 0 aromatic carbocycles. The predicted molar refractivity (Wildman–Crippen MR) is 80.2 cm³/mol. The molecule has 1 aliphatic carbocycles. The quantitative estimate of drug-likeness (QED) is 0.848. The normalized spacial score (nSPS) is 30.2. The maximum atomic E-state index is 12.0. The molecule has 2 fully saturated rings. The second kappa shape index (κ2) is 6.46. The lowest BCUT2D eigenvalue weighted by molar-refractivity contribution is -0.122. The number of hydrogen-bond donors (Lipinski definition) is 1. The number of carbonyl (C=O) groups is 1. The molecule has 0 spiro atoms. The number of sulfone groups is 1. The Balaban J connectivity index is 1.67. The van der Waals surface area contributed by atoms with Crippen molar-refractivity contribution in [2.45, 2.75) is 70.3 Å². The van der Waals surface area contributed by atoms with Gasteiger partial charge >= 0.3 is 0 Å². The maximum Gasteiger partial charge on any atom is 0.220 e. The summed E-state index contributed by atoms with van der Waals surface area (Å²) in [5.74, 6) is 1.11. The smallest absolute Gasteiger partial charge is 0.220 e. The summed E-state index contributed by atoms with van der Waals surface area (Å²) in [6, 6.07) is 0. The monoisotopic (exact) mass is 301 g/mol. The lowest BCUT2D eigenvalue weighted by Crippen LogP contribution is -2.46. The molecule has 1 saturated carbocycles. The van der Waals surface area contributed by atoms with Crippen LogP contribution in [0.5, 0.6) is 0 Å². The number of nitrogens with one attached hydrogen (secondary N) is 1. The molecule has 2 rings (SSSR count). The summed E-state index contributed by atoms with van der Waals surface area (Å²) in [4.78, 5) is 12.0. The van der Waals surface area contributed by atoms with Crippen LogP contribution >= 0.6 is 0 Å². The summed E-state index contributed by atoms with van der Waals surface area (Å²) in [6.07, 6.45) is 9.83. The van der Waals surface area contributed by atoms with Gasteiger partial charge in [0, 0.05) is 6.42 Å². The predicted octanol–water partition coefficient (Wildman–Crippen LogP) is 2.43. The zero-order chi connectivity index (χ0) is 14.6. The van der Waals surface area contributed by atoms with Crippen LogP contribution in [0.15, 0.2) is 0 Å². The highest BCUT2D eigenvalue weighted by Crippen LogP contribution is 2.28. The molecule has 4 nitrogen and oxygen atoms in total. The van der Waals surface area contributed by atoms with Gasteiger partial charge in [0.1, 0.15) is 0 Å². The number of carbonyl (C=O) groups excluding carboxylic acids is 1. The fourth-order valence-electron chi connectivity index (χ4n) is 3.54. The second-order valence-electron chi connectivity index (χ2n) is 6.85. The molecular formula is C15H27NO3S. The van der Waals surface area contributed by atoms with Crippen molar-refractivity contribution in [3.05, 3.63) is 0 Å². The third-order valence-electron chi connectivity index (χ3n) is 4.69. The van der Waals surface area contributed by atoms with Crippen molar-refractivity contribution in [1.29, 1.82) is 0 Å². The van der Waals surface area contributed by atoms with E-state index in [2.05, 4.69) is 5.32 Å². The summed E-state index contributed by atoms with van der Waals surface area (Å²) in [5, 5.41) is 2.93. The van der Waals surface area contributed by atoms with E-state index in [4.69, 9.17) is 0 Å². The van der Waals surface area contributed by atoms with Gasteiger partial charge in [-0.15, -0.1) is 0 Å². The van der Waals surface area contributed by atoms with Gasteiger partial charge in [-0.1, -0.05) is 32.1 Å². The first-order valence-electron chi connectivity index (χ1n) is 7.90. The van der Waals surface area contributed by atoms with E-state index >= 15 is 0 Å². The zero-order valence-corrected chi connectivity index (χ0v) is 13.3. The van der Waals surface area contributed by atoms with Gasteiger partial charge in [0.05, 0.1) is 17.0 Å². The van der Waals surface area contributed by atoms with Crippen molar-refractivity contribution in [3.63, 3.8) is 0 Å². The Hall–Kier alpha value is -0.580. The van der Waals surface area contributed by atoms with E-state index in [0.29, 0.717) is 12.8 Å². The van der Waals surface area contributed by atoms with Crippen molar-refractivity contribution in [2.75, 3.05) is 11.5 Å². The van der Waals surface area contributed by atoms with E-state index in [1.54, 1.807) is 0 Å². The second-order valence-corrected chi connectivity index (χ2v) is 9.03. The molecule has 0 radical (unpaired) electrons. The molecular weight excluding hydrogens is 274 g/mol. The van der Waals surface area contributed by atoms with Gasteiger partial charge in [0.25, 0.3) is 0 Å².